The smallest absolute Gasteiger partial charge is 0.0602 e. The second-order valence-electron chi connectivity index (χ2n) is 1.33. The standard InChI is InChI=1S/C5H10O2/c6-5-1-3-7-4-2-5/h5-6H,1-4H2/i1D2,3D,5D. The van der Waals surface area contributed by atoms with E-state index < -0.39 is 19.0 Å². The third-order valence-corrected chi connectivity index (χ3v) is 0.766. The van der Waals surface area contributed by atoms with Crippen LogP contribution in [-0.2, 0) is 4.74 Å². The van der Waals surface area contributed by atoms with E-state index in [-0.39, 0.29) is 13.0 Å². The molecule has 1 aliphatic rings. The minimum Gasteiger partial charge on any atom is -0.393 e. The molecule has 1 saturated heterocycles. The lowest BCUT2D eigenvalue weighted by Crippen LogP contribution is -2.19. The number of rotatable bonds is 0. The molecule has 0 aliphatic carbocycles. The molecule has 2 nitrogen and oxygen atoms in total. The van der Waals surface area contributed by atoms with E-state index in [9.17, 15) is 0 Å². The molecule has 0 radical (unpaired) electrons. The number of aliphatic hydroxyl groups is 1. The molecule has 1 heterocycles. The number of ether oxygens (including phenoxy) is 1. The average molecular weight is 106 g/mol. The molecule has 42 valence electrons. The third kappa shape index (κ3) is 1.45. The molecule has 0 spiro atoms. The van der Waals surface area contributed by atoms with Gasteiger partial charge >= 0.3 is 0 Å². The van der Waals surface area contributed by atoms with Gasteiger partial charge in [-0.1, -0.05) is 0 Å². The van der Waals surface area contributed by atoms with Crippen LogP contribution < -0.4 is 0 Å². The van der Waals surface area contributed by atoms with Gasteiger partial charge in [-0.3, -0.25) is 0 Å². The highest BCUT2D eigenvalue weighted by atomic mass is 16.5. The summed E-state index contributed by atoms with van der Waals surface area (Å²) in [7, 11) is 0. The van der Waals surface area contributed by atoms with Gasteiger partial charge in [0.05, 0.1) is 8.82 Å². The SMILES string of the molecule is [2H]C1OCCC([2H])(O)C1([2H])[2H]. The Labute approximate surface area is 48.7 Å². The van der Waals surface area contributed by atoms with E-state index in [2.05, 4.69) is 4.74 Å². The molecular weight excluding hydrogens is 92.1 g/mol. The van der Waals surface area contributed by atoms with Crippen molar-refractivity contribution in [3.05, 3.63) is 0 Å². The zero-order chi connectivity index (χ0) is 8.70. The molecule has 1 aliphatic heterocycles. The molecule has 0 aromatic rings. The summed E-state index contributed by atoms with van der Waals surface area (Å²) < 4.78 is 33.1. The molecule has 0 amide bonds. The molecule has 0 aromatic heterocycles. The minimum atomic E-state index is -2.30. The highest BCUT2D eigenvalue weighted by molar-refractivity contribution is 4.58. The fourth-order valence-electron chi connectivity index (χ4n) is 0.396. The average Bonchev–Trinajstić information content (AvgIpc) is 1.84. The molecule has 1 rings (SSSR count). The summed E-state index contributed by atoms with van der Waals surface area (Å²) >= 11 is 0. The van der Waals surface area contributed by atoms with Gasteiger partial charge in [0.15, 0.2) is 0 Å². The molecule has 1 N–H and O–H groups in total. The van der Waals surface area contributed by atoms with Crippen LogP contribution in [0.25, 0.3) is 0 Å². The lowest BCUT2D eigenvalue weighted by molar-refractivity contribution is 0.0140. The predicted octanol–water partition coefficient (Wildman–Crippen LogP) is 0.158. The first-order chi connectivity index (χ1) is 4.88. The van der Waals surface area contributed by atoms with Crippen LogP contribution in [0.1, 0.15) is 18.3 Å². The highest BCUT2D eigenvalue weighted by Gasteiger charge is 2.07. The van der Waals surface area contributed by atoms with Crippen LogP contribution in [-0.4, -0.2) is 24.4 Å². The summed E-state index contributed by atoms with van der Waals surface area (Å²) in [5.74, 6) is 0. The summed E-state index contributed by atoms with van der Waals surface area (Å²) in [5, 5.41) is 9.16. The zero-order valence-corrected chi connectivity index (χ0v) is 3.85. The van der Waals surface area contributed by atoms with Crippen molar-refractivity contribution < 1.29 is 15.3 Å². The summed E-state index contributed by atoms with van der Waals surface area (Å²) in [6.45, 7) is -1.40. The highest BCUT2D eigenvalue weighted by Crippen LogP contribution is 2.03. The van der Waals surface area contributed by atoms with Gasteiger partial charge in [0.1, 0.15) is 0 Å². The Bertz CT molecular complexity index is 159. The van der Waals surface area contributed by atoms with Gasteiger partial charge in [-0.15, -0.1) is 0 Å². The van der Waals surface area contributed by atoms with E-state index in [4.69, 9.17) is 10.6 Å². The predicted molar refractivity (Wildman–Crippen MR) is 26.1 cm³/mol. The van der Waals surface area contributed by atoms with Crippen molar-refractivity contribution in [3.63, 3.8) is 0 Å². The number of hydrogen-bond acceptors (Lipinski definition) is 2. The topological polar surface area (TPSA) is 29.5 Å². The molecule has 7 heavy (non-hydrogen) atoms. The first-order valence-corrected chi connectivity index (χ1v) is 2.14. The van der Waals surface area contributed by atoms with Crippen LogP contribution in [0.4, 0.5) is 0 Å². The summed E-state index contributed by atoms with van der Waals surface area (Å²) in [4.78, 5) is 0. The van der Waals surface area contributed by atoms with Crippen LogP contribution in [0, 0.1) is 0 Å². The second kappa shape index (κ2) is 2.28. The van der Waals surface area contributed by atoms with E-state index in [0.29, 0.717) is 0 Å². The maximum atomic E-state index is 9.16. The van der Waals surface area contributed by atoms with Gasteiger partial charge in [-0.05, 0) is 12.8 Å². The second-order valence-corrected chi connectivity index (χ2v) is 1.33. The first kappa shape index (κ1) is 2.03. The fourth-order valence-corrected chi connectivity index (χ4v) is 0.396. The Morgan fingerprint density at radius 2 is 2.86 bits per heavy atom. The normalized spacial score (nSPS) is 69.6. The molecule has 2 heteroatoms. The van der Waals surface area contributed by atoms with E-state index >= 15 is 0 Å². The van der Waals surface area contributed by atoms with Crippen LogP contribution in [0.15, 0.2) is 0 Å². The van der Waals surface area contributed by atoms with Gasteiger partial charge < -0.3 is 9.84 Å². The van der Waals surface area contributed by atoms with Crippen molar-refractivity contribution in [1.29, 1.82) is 0 Å². The largest absolute Gasteiger partial charge is 0.393 e. The van der Waals surface area contributed by atoms with Crippen molar-refractivity contribution in [2.24, 2.45) is 0 Å². The van der Waals surface area contributed by atoms with Crippen molar-refractivity contribution in [2.75, 3.05) is 13.2 Å². The summed E-state index contributed by atoms with van der Waals surface area (Å²) in [6.07, 6.45) is -4.57. The van der Waals surface area contributed by atoms with Crippen LogP contribution >= 0.6 is 0 Å². The van der Waals surface area contributed by atoms with E-state index in [0.717, 1.165) is 0 Å². The quantitative estimate of drug-likeness (QED) is 0.476. The Kier molecular flexibility index (Phi) is 0.664. The van der Waals surface area contributed by atoms with Gasteiger partial charge in [-0.2, -0.15) is 0 Å². The molecule has 1 fully saturated rings. The summed E-state index contributed by atoms with van der Waals surface area (Å²) in [5.41, 5.74) is 0. The lowest BCUT2D eigenvalue weighted by atomic mass is 10.2. The molecule has 0 aromatic carbocycles. The van der Waals surface area contributed by atoms with E-state index in [1.54, 1.807) is 0 Å². The monoisotopic (exact) mass is 106 g/mol. The molecule has 0 bridgehead atoms. The Morgan fingerprint density at radius 3 is 3.43 bits per heavy atom. The third-order valence-electron chi connectivity index (χ3n) is 0.766. The Morgan fingerprint density at radius 1 is 2.00 bits per heavy atom. The van der Waals surface area contributed by atoms with Crippen LogP contribution in [0.2, 0.25) is 0 Å². The molecular formula is C5H10O2. The fraction of sp³-hybridized carbons (Fsp3) is 1.00. The van der Waals surface area contributed by atoms with E-state index in [1.807, 2.05) is 0 Å². The van der Waals surface area contributed by atoms with Crippen molar-refractivity contribution >= 4 is 0 Å². The summed E-state index contributed by atoms with van der Waals surface area (Å²) in [6, 6.07) is 0. The first-order valence-electron chi connectivity index (χ1n) is 4.22. The van der Waals surface area contributed by atoms with Gasteiger partial charge in [-0.25, -0.2) is 0 Å². The molecule has 2 atom stereocenters. The van der Waals surface area contributed by atoms with Gasteiger partial charge in [0.25, 0.3) is 0 Å². The maximum absolute atomic E-state index is 9.16. The van der Waals surface area contributed by atoms with E-state index in [1.165, 1.54) is 0 Å². The Hall–Kier alpha value is -0.0800. The molecule has 0 saturated carbocycles. The van der Waals surface area contributed by atoms with Crippen molar-refractivity contribution in [1.82, 2.24) is 0 Å². The minimum absolute atomic E-state index is 0.0632. The lowest BCUT2D eigenvalue weighted by Gasteiger charge is -2.15. The van der Waals surface area contributed by atoms with Gasteiger partial charge in [0, 0.05) is 15.9 Å². The molecule has 2 unspecified atom stereocenters. The maximum Gasteiger partial charge on any atom is 0.0602 e. The van der Waals surface area contributed by atoms with Gasteiger partial charge in [0.2, 0.25) is 0 Å². The van der Waals surface area contributed by atoms with Crippen LogP contribution in [0.3, 0.4) is 0 Å². The van der Waals surface area contributed by atoms with Crippen molar-refractivity contribution in [3.8, 4) is 0 Å². The number of hydrogen-bond donors (Lipinski definition) is 1. The zero-order valence-electron chi connectivity index (χ0n) is 7.85. The van der Waals surface area contributed by atoms with Crippen LogP contribution in [0.5, 0.6) is 0 Å². The Balaban J connectivity index is 2.82. The van der Waals surface area contributed by atoms with Crippen molar-refractivity contribution in [2.45, 2.75) is 18.9 Å².